The maximum Gasteiger partial charge on any atom is 0.258 e. The van der Waals surface area contributed by atoms with Gasteiger partial charge in [0.25, 0.3) is 5.56 Å². The van der Waals surface area contributed by atoms with E-state index in [1.54, 1.807) is 6.07 Å². The van der Waals surface area contributed by atoms with Crippen LogP contribution in [-0.2, 0) is 11.2 Å². The van der Waals surface area contributed by atoms with Gasteiger partial charge >= 0.3 is 0 Å². The number of aromatic amines is 1. The summed E-state index contributed by atoms with van der Waals surface area (Å²) in [6.07, 6.45) is 3.96. The first-order valence-corrected chi connectivity index (χ1v) is 8.61. The van der Waals surface area contributed by atoms with Crippen LogP contribution < -0.4 is 10.9 Å². The molecule has 0 bridgehead atoms. The second-order valence-electron chi connectivity index (χ2n) is 6.32. The average molecular weight is 365 g/mol. The molecule has 1 fully saturated rings. The van der Waals surface area contributed by atoms with Crippen molar-refractivity contribution in [3.63, 3.8) is 0 Å². The van der Waals surface area contributed by atoms with E-state index < -0.39 is 0 Å². The number of hydrogen-bond donors (Lipinski definition) is 2. The number of likely N-dealkylation sites (tertiary alicyclic amines) is 1. The van der Waals surface area contributed by atoms with Gasteiger partial charge in [-0.25, -0.2) is 4.98 Å². The lowest BCUT2D eigenvalue weighted by Gasteiger charge is -2.24. The van der Waals surface area contributed by atoms with E-state index in [1.165, 1.54) is 0 Å². The highest BCUT2D eigenvalue weighted by Gasteiger charge is 2.27. The summed E-state index contributed by atoms with van der Waals surface area (Å²) in [4.78, 5) is 33.7. The minimum Gasteiger partial charge on any atom is -0.338 e. The number of benzene rings is 1. The number of amides is 1. The van der Waals surface area contributed by atoms with Gasteiger partial charge in [0, 0.05) is 32.0 Å². The number of aromatic nitrogens is 2. The molecule has 0 saturated carbocycles. The van der Waals surface area contributed by atoms with E-state index in [1.807, 2.05) is 30.1 Å². The number of para-hydroxylation sites is 1. The van der Waals surface area contributed by atoms with Gasteiger partial charge in [0.1, 0.15) is 5.82 Å². The van der Waals surface area contributed by atoms with Crippen LogP contribution in [0.5, 0.6) is 0 Å². The van der Waals surface area contributed by atoms with E-state index in [4.69, 9.17) is 0 Å². The number of halogens is 1. The largest absolute Gasteiger partial charge is 0.338 e. The minimum atomic E-state index is -0.115. The van der Waals surface area contributed by atoms with E-state index in [0.29, 0.717) is 42.0 Å². The maximum atomic E-state index is 12.4. The topological polar surface area (TPSA) is 78.1 Å². The number of likely N-dealkylation sites (N-methyl/N-ethyl adjacent to an activating group) is 1. The van der Waals surface area contributed by atoms with Crippen molar-refractivity contribution in [2.75, 3.05) is 20.1 Å². The fourth-order valence-electron chi connectivity index (χ4n) is 3.42. The van der Waals surface area contributed by atoms with Crippen LogP contribution in [-0.4, -0.2) is 47.0 Å². The predicted octanol–water partition coefficient (Wildman–Crippen LogP) is 1.88. The Bertz CT molecular complexity index is 777. The van der Waals surface area contributed by atoms with Crippen molar-refractivity contribution in [2.45, 2.75) is 38.1 Å². The Hall–Kier alpha value is -1.92. The summed E-state index contributed by atoms with van der Waals surface area (Å²) in [5.41, 5.74) is 0.590. The van der Waals surface area contributed by atoms with Crippen LogP contribution in [0.4, 0.5) is 0 Å². The molecule has 1 atom stereocenters. The third-order valence-electron chi connectivity index (χ3n) is 4.60. The normalized spacial score (nSPS) is 16.8. The van der Waals surface area contributed by atoms with Gasteiger partial charge in [0.15, 0.2) is 0 Å². The van der Waals surface area contributed by atoms with Crippen LogP contribution in [0.1, 0.15) is 31.5 Å². The lowest BCUT2D eigenvalue weighted by Crippen LogP contribution is -2.40. The molecule has 2 heterocycles. The molecule has 0 radical (unpaired) electrons. The van der Waals surface area contributed by atoms with Gasteiger partial charge in [-0.2, -0.15) is 0 Å². The number of aryl methyl sites for hydroxylation is 1. The smallest absolute Gasteiger partial charge is 0.258 e. The number of rotatable bonds is 6. The molecular weight excluding hydrogens is 340 g/mol. The van der Waals surface area contributed by atoms with E-state index in [0.717, 1.165) is 25.9 Å². The SMILES string of the molecule is CNCC1CCCN1C(=O)CCCc1nc2ccccc2c(=O)[nH]1.Cl. The Balaban J connectivity index is 0.00000225. The summed E-state index contributed by atoms with van der Waals surface area (Å²) in [6.45, 7) is 1.71. The zero-order chi connectivity index (χ0) is 16.9. The summed E-state index contributed by atoms with van der Waals surface area (Å²) in [5.74, 6) is 0.857. The number of nitrogens with one attached hydrogen (secondary N) is 2. The molecule has 6 nitrogen and oxygen atoms in total. The Morgan fingerprint density at radius 1 is 1.40 bits per heavy atom. The third kappa shape index (κ3) is 4.58. The van der Waals surface area contributed by atoms with Gasteiger partial charge in [-0.05, 0) is 38.4 Å². The van der Waals surface area contributed by atoms with Crippen LogP contribution in [0.15, 0.2) is 29.1 Å². The molecule has 7 heteroatoms. The molecule has 1 saturated heterocycles. The second-order valence-corrected chi connectivity index (χ2v) is 6.32. The van der Waals surface area contributed by atoms with Crippen molar-refractivity contribution in [1.29, 1.82) is 0 Å². The Kier molecular flexibility index (Phi) is 6.96. The highest BCUT2D eigenvalue weighted by molar-refractivity contribution is 5.85. The molecule has 1 aromatic carbocycles. The molecule has 0 aliphatic carbocycles. The van der Waals surface area contributed by atoms with Crippen molar-refractivity contribution < 1.29 is 4.79 Å². The fraction of sp³-hybridized carbons (Fsp3) is 0.500. The molecule has 1 unspecified atom stereocenters. The Morgan fingerprint density at radius 2 is 2.20 bits per heavy atom. The first kappa shape index (κ1) is 19.4. The van der Waals surface area contributed by atoms with Crippen molar-refractivity contribution in [2.24, 2.45) is 0 Å². The standard InChI is InChI=1S/C18H24N4O2.ClH/c1-19-12-13-6-5-11-22(13)17(23)10-4-9-16-20-15-8-3-2-7-14(15)18(24)21-16;/h2-3,7-8,13,19H,4-6,9-12H2,1H3,(H,20,21,24);1H. The van der Waals surface area contributed by atoms with Crippen LogP contribution in [0.3, 0.4) is 0 Å². The molecule has 1 aromatic heterocycles. The average Bonchev–Trinajstić information content (AvgIpc) is 3.04. The number of nitrogens with zero attached hydrogens (tertiary/aromatic N) is 2. The maximum absolute atomic E-state index is 12.4. The summed E-state index contributed by atoms with van der Waals surface area (Å²) < 4.78 is 0. The van der Waals surface area contributed by atoms with Gasteiger partial charge in [-0.3, -0.25) is 9.59 Å². The number of hydrogen-bond acceptors (Lipinski definition) is 4. The minimum absolute atomic E-state index is 0. The molecule has 2 N–H and O–H groups in total. The van der Waals surface area contributed by atoms with Crippen molar-refractivity contribution >= 4 is 29.2 Å². The third-order valence-corrected chi connectivity index (χ3v) is 4.60. The quantitative estimate of drug-likeness (QED) is 0.820. The van der Waals surface area contributed by atoms with Crippen molar-refractivity contribution in [3.8, 4) is 0 Å². The second kappa shape index (κ2) is 8.97. The van der Waals surface area contributed by atoms with Crippen molar-refractivity contribution in [3.05, 3.63) is 40.4 Å². The summed E-state index contributed by atoms with van der Waals surface area (Å²) >= 11 is 0. The number of H-pyrrole nitrogens is 1. The molecule has 3 rings (SSSR count). The fourth-order valence-corrected chi connectivity index (χ4v) is 3.42. The van der Waals surface area contributed by atoms with Crippen molar-refractivity contribution in [1.82, 2.24) is 20.2 Å². The van der Waals surface area contributed by atoms with E-state index in [9.17, 15) is 9.59 Å². The number of fused-ring (bicyclic) bond motifs is 1. The van der Waals surface area contributed by atoms with Crippen LogP contribution >= 0.6 is 12.4 Å². The van der Waals surface area contributed by atoms with Gasteiger partial charge in [0.2, 0.25) is 5.91 Å². The van der Waals surface area contributed by atoms with Gasteiger partial charge in [0.05, 0.1) is 10.9 Å². The zero-order valence-electron chi connectivity index (χ0n) is 14.5. The first-order chi connectivity index (χ1) is 11.7. The molecule has 1 aliphatic heterocycles. The molecule has 0 spiro atoms. The predicted molar refractivity (Wildman–Crippen MR) is 101 cm³/mol. The Labute approximate surface area is 153 Å². The molecule has 1 amide bonds. The number of carbonyl (C=O) groups is 1. The first-order valence-electron chi connectivity index (χ1n) is 8.61. The van der Waals surface area contributed by atoms with Gasteiger partial charge in [-0.15, -0.1) is 12.4 Å². The summed E-state index contributed by atoms with van der Waals surface area (Å²) in [5, 5.41) is 3.76. The van der Waals surface area contributed by atoms with Gasteiger partial charge in [-0.1, -0.05) is 12.1 Å². The van der Waals surface area contributed by atoms with E-state index >= 15 is 0 Å². The van der Waals surface area contributed by atoms with E-state index in [2.05, 4.69) is 15.3 Å². The van der Waals surface area contributed by atoms with Crippen LogP contribution in [0.25, 0.3) is 10.9 Å². The molecule has 1 aliphatic rings. The highest BCUT2D eigenvalue weighted by Crippen LogP contribution is 2.18. The summed E-state index contributed by atoms with van der Waals surface area (Å²) in [6, 6.07) is 7.63. The monoisotopic (exact) mass is 364 g/mol. The molecule has 2 aromatic rings. The molecule has 25 heavy (non-hydrogen) atoms. The summed E-state index contributed by atoms with van der Waals surface area (Å²) in [7, 11) is 1.92. The lowest BCUT2D eigenvalue weighted by molar-refractivity contribution is -0.132. The van der Waals surface area contributed by atoms with Crippen LogP contribution in [0, 0.1) is 0 Å². The van der Waals surface area contributed by atoms with Crippen LogP contribution in [0.2, 0.25) is 0 Å². The van der Waals surface area contributed by atoms with E-state index in [-0.39, 0.29) is 23.9 Å². The lowest BCUT2D eigenvalue weighted by atomic mass is 10.1. The Morgan fingerprint density at radius 3 is 3.00 bits per heavy atom. The molecular formula is C18H25ClN4O2. The number of carbonyl (C=O) groups excluding carboxylic acids is 1. The molecule has 136 valence electrons. The highest BCUT2D eigenvalue weighted by atomic mass is 35.5. The van der Waals surface area contributed by atoms with Gasteiger partial charge < -0.3 is 15.2 Å². The zero-order valence-corrected chi connectivity index (χ0v) is 15.3.